The number of benzene rings is 2. The van der Waals surface area contributed by atoms with E-state index in [1.165, 1.54) is 18.9 Å². The molecule has 3 rings (SSSR count). The van der Waals surface area contributed by atoms with Crippen LogP contribution in [0.15, 0.2) is 60.8 Å². The molecule has 156 valence electrons. The number of alkyl halides is 1. The van der Waals surface area contributed by atoms with Crippen LogP contribution in [-0.2, 0) is 11.3 Å². The molecule has 0 aliphatic carbocycles. The van der Waals surface area contributed by atoms with Crippen LogP contribution in [0.3, 0.4) is 0 Å². The fourth-order valence-electron chi connectivity index (χ4n) is 2.82. The molecule has 0 N–H and O–H groups in total. The summed E-state index contributed by atoms with van der Waals surface area (Å²) in [5.74, 6) is 1.55. The lowest BCUT2D eigenvalue weighted by Crippen LogP contribution is -2.28. The van der Waals surface area contributed by atoms with E-state index in [-0.39, 0.29) is 18.3 Å². The molecule has 3 aromatic rings. The molecule has 30 heavy (non-hydrogen) atoms. The van der Waals surface area contributed by atoms with E-state index >= 15 is 0 Å². The maximum Gasteiger partial charge on any atom is 0.243 e. The number of carbonyl (C=O) groups excluding carboxylic acids is 1. The zero-order chi connectivity index (χ0) is 21.5. The van der Waals surface area contributed by atoms with Crippen molar-refractivity contribution >= 4 is 34.2 Å². The quantitative estimate of drug-likeness (QED) is 0.375. The Morgan fingerprint density at radius 2 is 1.87 bits per heavy atom. The molecule has 1 aromatic heterocycles. The maximum absolute atomic E-state index is 12.8. The van der Waals surface area contributed by atoms with Crippen molar-refractivity contribution in [2.24, 2.45) is 0 Å². The zero-order valence-corrected chi connectivity index (χ0v) is 18.6. The minimum Gasteiger partial charge on any atom is -0.497 e. The second-order valence-electron chi connectivity index (χ2n) is 6.22. The molecule has 0 bridgehead atoms. The summed E-state index contributed by atoms with van der Waals surface area (Å²) in [5, 5.41) is 0. The first-order chi connectivity index (χ1) is 14.5. The third-order valence-corrected chi connectivity index (χ3v) is 4.98. The van der Waals surface area contributed by atoms with E-state index in [0.29, 0.717) is 28.5 Å². The number of aromatic nitrogens is 1. The number of amides is 1. The van der Waals surface area contributed by atoms with Gasteiger partial charge in [0.1, 0.15) is 22.9 Å². The van der Waals surface area contributed by atoms with Crippen molar-refractivity contribution in [1.29, 1.82) is 0 Å². The van der Waals surface area contributed by atoms with E-state index in [1.807, 2.05) is 24.3 Å². The van der Waals surface area contributed by atoms with Crippen molar-refractivity contribution in [3.63, 3.8) is 0 Å². The van der Waals surface area contributed by atoms with Crippen LogP contribution in [0.5, 0.6) is 23.1 Å². The predicted octanol–water partition coefficient (Wildman–Crippen LogP) is 5.35. The van der Waals surface area contributed by atoms with Crippen molar-refractivity contribution in [3.05, 3.63) is 69.9 Å². The van der Waals surface area contributed by atoms with Gasteiger partial charge in [-0.15, -0.1) is 0 Å². The van der Waals surface area contributed by atoms with E-state index in [1.54, 1.807) is 36.5 Å². The van der Waals surface area contributed by atoms with Gasteiger partial charge in [-0.05, 0) is 77.2 Å². The SMILES string of the molecule is COc1ccc(OC[18F])c(CN(C(C)=O)c2cccnc2Oc2ccc(I)cc2)c1. The summed E-state index contributed by atoms with van der Waals surface area (Å²) >= 11 is 2.21. The van der Waals surface area contributed by atoms with Crippen LogP contribution < -0.4 is 19.1 Å². The largest absolute Gasteiger partial charge is 0.497 e. The summed E-state index contributed by atoms with van der Waals surface area (Å²) in [4.78, 5) is 18.3. The highest BCUT2D eigenvalue weighted by Gasteiger charge is 2.20. The van der Waals surface area contributed by atoms with E-state index < -0.39 is 6.86 Å². The Bertz CT molecular complexity index is 1010. The van der Waals surface area contributed by atoms with Crippen LogP contribution in [0.1, 0.15) is 12.5 Å². The molecular weight excluding hydrogens is 501 g/mol. The molecule has 0 unspecified atom stereocenters. The molecule has 0 aliphatic rings. The summed E-state index contributed by atoms with van der Waals surface area (Å²) in [6.45, 7) is 0.585. The molecule has 0 saturated carbocycles. The minimum atomic E-state index is -0.979. The van der Waals surface area contributed by atoms with Gasteiger partial charge in [0.05, 0.1) is 13.7 Å². The molecular formula is C22H20FIN2O4. The number of hydrogen-bond donors (Lipinski definition) is 0. The van der Waals surface area contributed by atoms with Gasteiger partial charge >= 0.3 is 0 Å². The van der Waals surface area contributed by atoms with Gasteiger partial charge in [-0.2, -0.15) is 0 Å². The second-order valence-corrected chi connectivity index (χ2v) is 7.46. The Morgan fingerprint density at radius 3 is 2.53 bits per heavy atom. The summed E-state index contributed by atoms with van der Waals surface area (Å²) in [5.41, 5.74) is 1.07. The molecule has 2 aromatic carbocycles. The number of hydrogen-bond acceptors (Lipinski definition) is 5. The number of nitrogens with zero attached hydrogens (tertiary/aromatic N) is 2. The van der Waals surface area contributed by atoms with E-state index in [9.17, 15) is 9.18 Å². The van der Waals surface area contributed by atoms with Gasteiger partial charge in [-0.3, -0.25) is 4.79 Å². The van der Waals surface area contributed by atoms with Crippen LogP contribution in [0.25, 0.3) is 0 Å². The Balaban J connectivity index is 1.96. The van der Waals surface area contributed by atoms with Crippen molar-refractivity contribution in [2.75, 3.05) is 18.9 Å². The van der Waals surface area contributed by atoms with E-state index in [0.717, 1.165) is 3.57 Å². The molecule has 0 spiro atoms. The van der Waals surface area contributed by atoms with E-state index in [4.69, 9.17) is 14.2 Å². The Kier molecular flexibility index (Phi) is 7.45. The topological polar surface area (TPSA) is 60.9 Å². The summed E-state index contributed by atoms with van der Waals surface area (Å²) < 4.78 is 30.2. The first-order valence-electron chi connectivity index (χ1n) is 9.04. The number of halogens is 2. The predicted molar refractivity (Wildman–Crippen MR) is 120 cm³/mol. The lowest BCUT2D eigenvalue weighted by atomic mass is 10.1. The maximum atomic E-state index is 12.8. The average molecular weight is 521 g/mol. The minimum absolute atomic E-state index is 0.122. The van der Waals surface area contributed by atoms with Gasteiger partial charge in [0, 0.05) is 22.3 Å². The normalized spacial score (nSPS) is 10.4. The molecule has 0 radical (unpaired) electrons. The lowest BCUT2D eigenvalue weighted by Gasteiger charge is -2.24. The molecule has 0 aliphatic heterocycles. The molecule has 1 heterocycles. The molecule has 0 saturated heterocycles. The third kappa shape index (κ3) is 5.38. The molecule has 1 amide bonds. The number of ether oxygens (including phenoxy) is 3. The van der Waals surface area contributed by atoms with Crippen LogP contribution in [0, 0.1) is 3.57 Å². The van der Waals surface area contributed by atoms with Crippen molar-refractivity contribution in [2.45, 2.75) is 13.5 Å². The number of rotatable bonds is 8. The molecule has 0 atom stereocenters. The van der Waals surface area contributed by atoms with Gasteiger partial charge in [0.25, 0.3) is 0 Å². The third-order valence-electron chi connectivity index (χ3n) is 4.26. The van der Waals surface area contributed by atoms with Crippen LogP contribution >= 0.6 is 22.6 Å². The van der Waals surface area contributed by atoms with Crippen LogP contribution in [0.4, 0.5) is 10.1 Å². The lowest BCUT2D eigenvalue weighted by molar-refractivity contribution is -0.116. The van der Waals surface area contributed by atoms with Crippen molar-refractivity contribution in [3.8, 4) is 23.1 Å². The Morgan fingerprint density at radius 1 is 1.13 bits per heavy atom. The summed E-state index contributed by atoms with van der Waals surface area (Å²) in [6.07, 6.45) is 1.59. The first kappa shape index (κ1) is 21.8. The van der Waals surface area contributed by atoms with Gasteiger partial charge in [0.15, 0.2) is 0 Å². The second kappa shape index (κ2) is 10.2. The highest BCUT2D eigenvalue weighted by Crippen LogP contribution is 2.33. The van der Waals surface area contributed by atoms with Gasteiger partial charge in [-0.25, -0.2) is 9.37 Å². The average Bonchev–Trinajstić information content (AvgIpc) is 2.75. The molecule has 8 heteroatoms. The summed E-state index contributed by atoms with van der Waals surface area (Å²) in [6, 6.07) is 15.9. The number of pyridine rings is 1. The molecule has 6 nitrogen and oxygen atoms in total. The van der Waals surface area contributed by atoms with Crippen LogP contribution in [-0.4, -0.2) is 24.9 Å². The monoisotopic (exact) mass is 521 g/mol. The highest BCUT2D eigenvalue weighted by molar-refractivity contribution is 14.1. The number of carbonyl (C=O) groups is 1. The summed E-state index contributed by atoms with van der Waals surface area (Å²) in [7, 11) is 1.53. The van der Waals surface area contributed by atoms with Crippen LogP contribution in [0.2, 0.25) is 0 Å². The first-order valence-corrected chi connectivity index (χ1v) is 10.1. The fraction of sp³-hybridized carbons (Fsp3) is 0.182. The van der Waals surface area contributed by atoms with Gasteiger partial charge in [0.2, 0.25) is 18.6 Å². The smallest absolute Gasteiger partial charge is 0.243 e. The number of anilines is 1. The van der Waals surface area contributed by atoms with Gasteiger partial charge in [-0.1, -0.05) is 0 Å². The van der Waals surface area contributed by atoms with Crippen molar-refractivity contribution < 1.29 is 23.4 Å². The molecule has 0 fully saturated rings. The highest BCUT2D eigenvalue weighted by atomic mass is 127. The Hall–Kier alpha value is -2.88. The standard InChI is InChI=1S/C22H20FIN2O4/c1-15(27)26(13-16-12-19(28-2)9-10-21(16)29-14-23)20-4-3-11-25-22(20)30-18-7-5-17(24)6-8-18/h3-12H,13-14H2,1-2H3/i23-1. The fourth-order valence-corrected chi connectivity index (χ4v) is 3.18. The van der Waals surface area contributed by atoms with Gasteiger partial charge < -0.3 is 19.1 Å². The Labute approximate surface area is 187 Å². The zero-order valence-electron chi connectivity index (χ0n) is 16.5. The van der Waals surface area contributed by atoms with E-state index in [2.05, 4.69) is 27.6 Å². The van der Waals surface area contributed by atoms with Crippen molar-refractivity contribution in [1.82, 2.24) is 4.98 Å². The number of methoxy groups -OCH3 is 1.